The second kappa shape index (κ2) is 7.65. The molecule has 2 aliphatic carbocycles. The SMILES string of the molecule is CC(C)(C)c1ccc2c(c1)C(C)(C)c1ccc(-c3ccc4c(n3)-c3ccc(C(C)(C)C)cc3C4(C)C)nc1-2. The molecule has 0 unspecified atom stereocenters. The fraction of sp³-hybridized carbons (Fsp3) is 0.389. The highest BCUT2D eigenvalue weighted by molar-refractivity contribution is 5.82. The molecule has 2 aromatic heterocycles. The lowest BCUT2D eigenvalue weighted by molar-refractivity contribution is 0.584. The average Bonchev–Trinajstić information content (AvgIpc) is 3.21. The van der Waals surface area contributed by atoms with Gasteiger partial charge in [0.1, 0.15) is 0 Å². The van der Waals surface area contributed by atoms with Crippen molar-refractivity contribution in [3.05, 3.63) is 94.0 Å². The van der Waals surface area contributed by atoms with Crippen LogP contribution in [0.2, 0.25) is 0 Å². The third-order valence-electron chi connectivity index (χ3n) is 9.03. The minimum absolute atomic E-state index is 0.0729. The summed E-state index contributed by atoms with van der Waals surface area (Å²) in [6, 6.07) is 22.8. The van der Waals surface area contributed by atoms with Crippen molar-refractivity contribution < 1.29 is 0 Å². The van der Waals surface area contributed by atoms with E-state index < -0.39 is 0 Å². The molecule has 0 saturated heterocycles. The summed E-state index contributed by atoms with van der Waals surface area (Å²) in [7, 11) is 0. The van der Waals surface area contributed by atoms with Crippen molar-refractivity contribution in [3.63, 3.8) is 0 Å². The third-order valence-corrected chi connectivity index (χ3v) is 9.03. The molecular weight excluding hydrogens is 460 g/mol. The Bertz CT molecular complexity index is 1500. The molecule has 2 aromatic carbocycles. The van der Waals surface area contributed by atoms with Crippen LogP contribution >= 0.6 is 0 Å². The van der Waals surface area contributed by atoms with Crippen molar-refractivity contribution in [2.45, 2.75) is 90.9 Å². The molecule has 0 bridgehead atoms. The van der Waals surface area contributed by atoms with Crippen molar-refractivity contribution in [2.75, 3.05) is 0 Å². The van der Waals surface area contributed by atoms with E-state index in [1.807, 2.05) is 0 Å². The van der Waals surface area contributed by atoms with Gasteiger partial charge in [0.05, 0.1) is 22.8 Å². The van der Waals surface area contributed by atoms with E-state index in [9.17, 15) is 0 Å². The van der Waals surface area contributed by atoms with Crippen molar-refractivity contribution in [2.24, 2.45) is 0 Å². The summed E-state index contributed by atoms with van der Waals surface area (Å²) in [5.41, 5.74) is 14.7. The maximum absolute atomic E-state index is 5.25. The highest BCUT2D eigenvalue weighted by Gasteiger charge is 2.39. The summed E-state index contributed by atoms with van der Waals surface area (Å²) in [5, 5.41) is 0. The van der Waals surface area contributed by atoms with Crippen LogP contribution in [0.4, 0.5) is 0 Å². The van der Waals surface area contributed by atoms with Crippen LogP contribution < -0.4 is 0 Å². The van der Waals surface area contributed by atoms with Gasteiger partial charge in [-0.25, -0.2) is 9.97 Å². The highest BCUT2D eigenvalue weighted by Crippen LogP contribution is 2.51. The number of nitrogens with zero attached hydrogens (tertiary/aromatic N) is 2. The first-order valence-electron chi connectivity index (χ1n) is 13.9. The number of aromatic nitrogens is 2. The molecule has 6 rings (SSSR count). The maximum atomic E-state index is 5.25. The molecule has 0 radical (unpaired) electrons. The Kier molecular flexibility index (Phi) is 5.04. The highest BCUT2D eigenvalue weighted by atomic mass is 14.8. The lowest BCUT2D eigenvalue weighted by Crippen LogP contribution is -2.18. The fourth-order valence-electron chi connectivity index (χ4n) is 6.38. The lowest BCUT2D eigenvalue weighted by atomic mass is 9.79. The summed E-state index contributed by atoms with van der Waals surface area (Å²) in [6.07, 6.45) is 0. The number of rotatable bonds is 1. The van der Waals surface area contributed by atoms with Crippen molar-refractivity contribution >= 4 is 0 Å². The fourth-order valence-corrected chi connectivity index (χ4v) is 6.38. The van der Waals surface area contributed by atoms with Crippen LogP contribution in [0.3, 0.4) is 0 Å². The maximum Gasteiger partial charge on any atom is 0.0894 e. The minimum Gasteiger partial charge on any atom is -0.246 e. The van der Waals surface area contributed by atoms with Crippen LogP contribution in [-0.4, -0.2) is 9.97 Å². The number of fused-ring (bicyclic) bond motifs is 6. The molecule has 0 N–H and O–H groups in total. The zero-order valence-corrected chi connectivity index (χ0v) is 24.7. The van der Waals surface area contributed by atoms with Crippen molar-refractivity contribution in [1.82, 2.24) is 9.97 Å². The predicted octanol–water partition coefficient (Wildman–Crippen LogP) is 9.35. The Labute approximate surface area is 228 Å². The Morgan fingerprint density at radius 1 is 0.474 bits per heavy atom. The Balaban J connectivity index is 1.47. The van der Waals surface area contributed by atoms with Gasteiger partial charge in [0.2, 0.25) is 0 Å². The number of hydrogen-bond acceptors (Lipinski definition) is 2. The molecular formula is C36H40N2. The van der Waals surface area contributed by atoms with E-state index in [4.69, 9.17) is 9.97 Å². The molecule has 0 saturated carbocycles. The van der Waals surface area contributed by atoms with Gasteiger partial charge in [-0.15, -0.1) is 0 Å². The molecule has 0 fully saturated rings. The number of pyridine rings is 2. The van der Waals surface area contributed by atoms with E-state index >= 15 is 0 Å². The first kappa shape index (κ1) is 25.0. The molecule has 2 aliphatic rings. The van der Waals surface area contributed by atoms with Gasteiger partial charge in [-0.05, 0) is 56.3 Å². The molecule has 0 spiro atoms. The molecule has 0 atom stereocenters. The lowest BCUT2D eigenvalue weighted by Gasteiger charge is -2.25. The summed E-state index contributed by atoms with van der Waals surface area (Å²) in [5.74, 6) is 0. The van der Waals surface area contributed by atoms with Gasteiger partial charge in [0.25, 0.3) is 0 Å². The molecule has 38 heavy (non-hydrogen) atoms. The zero-order chi connectivity index (χ0) is 27.4. The van der Waals surface area contributed by atoms with Crippen molar-refractivity contribution in [3.8, 4) is 33.9 Å². The first-order chi connectivity index (χ1) is 17.6. The van der Waals surface area contributed by atoms with Crippen LogP contribution in [0, 0.1) is 0 Å². The summed E-state index contributed by atoms with van der Waals surface area (Å²) >= 11 is 0. The van der Waals surface area contributed by atoms with Gasteiger partial charge < -0.3 is 0 Å². The molecule has 0 aliphatic heterocycles. The van der Waals surface area contributed by atoms with E-state index in [1.165, 1.54) is 44.5 Å². The quantitative estimate of drug-likeness (QED) is 0.260. The summed E-state index contributed by atoms with van der Waals surface area (Å²) < 4.78 is 0. The van der Waals surface area contributed by atoms with E-state index in [1.54, 1.807) is 0 Å². The normalized spacial score (nSPS) is 16.6. The Morgan fingerprint density at radius 2 is 0.842 bits per heavy atom. The topological polar surface area (TPSA) is 25.8 Å². The Hall–Kier alpha value is -3.26. The third kappa shape index (κ3) is 3.52. The number of hydrogen-bond donors (Lipinski definition) is 0. The standard InChI is InChI=1S/C36H40N2/c1-33(2,3)21-11-13-23-27(19-21)35(7,8)25-15-17-29(37-31(23)25)30-18-16-26-32(38-30)24-14-12-22(34(4,5)6)20-28(24)36(26,9)10/h11-20H,1-10H3. The predicted molar refractivity (Wildman–Crippen MR) is 160 cm³/mol. The minimum atomic E-state index is -0.0729. The van der Waals surface area contributed by atoms with Crippen molar-refractivity contribution in [1.29, 1.82) is 0 Å². The number of benzene rings is 2. The first-order valence-corrected chi connectivity index (χ1v) is 13.9. The van der Waals surface area contributed by atoms with Crippen LogP contribution in [-0.2, 0) is 21.7 Å². The zero-order valence-electron chi connectivity index (χ0n) is 24.7. The molecule has 2 nitrogen and oxygen atoms in total. The molecule has 2 heterocycles. The Morgan fingerprint density at radius 3 is 1.18 bits per heavy atom. The van der Waals surface area contributed by atoms with Crippen LogP contribution in [0.5, 0.6) is 0 Å². The van der Waals surface area contributed by atoms with Gasteiger partial charge in [-0.2, -0.15) is 0 Å². The van der Waals surface area contributed by atoms with E-state index in [0.29, 0.717) is 0 Å². The van der Waals surface area contributed by atoms with Gasteiger partial charge in [0.15, 0.2) is 0 Å². The van der Waals surface area contributed by atoms with E-state index in [0.717, 1.165) is 22.8 Å². The second-order valence-corrected chi connectivity index (χ2v) is 14.5. The van der Waals surface area contributed by atoms with E-state index in [-0.39, 0.29) is 21.7 Å². The van der Waals surface area contributed by atoms with Crippen LogP contribution in [0.25, 0.3) is 33.9 Å². The monoisotopic (exact) mass is 500 g/mol. The molecule has 0 amide bonds. The van der Waals surface area contributed by atoms with Gasteiger partial charge in [-0.3, -0.25) is 0 Å². The van der Waals surface area contributed by atoms with Gasteiger partial charge in [0, 0.05) is 22.0 Å². The average molecular weight is 501 g/mol. The van der Waals surface area contributed by atoms with Gasteiger partial charge >= 0.3 is 0 Å². The smallest absolute Gasteiger partial charge is 0.0894 e. The molecule has 2 heteroatoms. The van der Waals surface area contributed by atoms with Crippen LogP contribution in [0.1, 0.15) is 103 Å². The summed E-state index contributed by atoms with van der Waals surface area (Å²) in [4.78, 5) is 10.5. The molecule has 4 aromatic rings. The van der Waals surface area contributed by atoms with Gasteiger partial charge in [-0.1, -0.05) is 118 Å². The summed E-state index contributed by atoms with van der Waals surface area (Å²) in [6.45, 7) is 23.0. The largest absolute Gasteiger partial charge is 0.246 e. The second-order valence-electron chi connectivity index (χ2n) is 14.5. The van der Waals surface area contributed by atoms with Crippen LogP contribution in [0.15, 0.2) is 60.7 Å². The molecule has 194 valence electrons. The van der Waals surface area contributed by atoms with E-state index in [2.05, 4.69) is 130 Å².